The first kappa shape index (κ1) is 14.8. The van der Waals surface area contributed by atoms with Gasteiger partial charge in [0.05, 0.1) is 16.3 Å². The summed E-state index contributed by atoms with van der Waals surface area (Å²) in [6.07, 6.45) is 1.66. The summed E-state index contributed by atoms with van der Waals surface area (Å²) in [5, 5.41) is 3.31. The molecule has 0 bridgehead atoms. The highest BCUT2D eigenvalue weighted by atomic mass is 35.5. The molecule has 5 heteroatoms. The Balaban J connectivity index is 3.25. The SMILES string of the molecule is CCCc1c(NN)ccc(Cl)c1C(=O)NC(C)C. The molecular weight excluding hydrogens is 250 g/mol. The van der Waals surface area contributed by atoms with Crippen LogP contribution in [0.3, 0.4) is 0 Å². The second-order valence-electron chi connectivity index (χ2n) is 4.47. The van der Waals surface area contributed by atoms with Crippen molar-refractivity contribution in [3.05, 3.63) is 28.3 Å². The van der Waals surface area contributed by atoms with E-state index >= 15 is 0 Å². The molecule has 0 fully saturated rings. The molecule has 4 N–H and O–H groups in total. The number of carbonyl (C=O) groups is 1. The summed E-state index contributed by atoms with van der Waals surface area (Å²) < 4.78 is 0. The summed E-state index contributed by atoms with van der Waals surface area (Å²) >= 11 is 6.14. The summed E-state index contributed by atoms with van der Waals surface area (Å²) in [5.41, 5.74) is 4.75. The lowest BCUT2D eigenvalue weighted by Crippen LogP contribution is -2.31. The van der Waals surface area contributed by atoms with Crippen LogP contribution in [0.5, 0.6) is 0 Å². The molecule has 18 heavy (non-hydrogen) atoms. The highest BCUT2D eigenvalue weighted by Crippen LogP contribution is 2.28. The van der Waals surface area contributed by atoms with Crippen LogP contribution in [0, 0.1) is 0 Å². The Kier molecular flexibility index (Phi) is 5.44. The van der Waals surface area contributed by atoms with Gasteiger partial charge in [0.15, 0.2) is 0 Å². The summed E-state index contributed by atoms with van der Waals surface area (Å²) in [7, 11) is 0. The fourth-order valence-corrected chi connectivity index (χ4v) is 2.11. The molecule has 100 valence electrons. The highest BCUT2D eigenvalue weighted by Gasteiger charge is 2.18. The Morgan fingerprint density at radius 1 is 1.44 bits per heavy atom. The van der Waals surface area contributed by atoms with E-state index in [1.165, 1.54) is 0 Å². The summed E-state index contributed by atoms with van der Waals surface area (Å²) in [6, 6.07) is 3.54. The van der Waals surface area contributed by atoms with Gasteiger partial charge < -0.3 is 10.7 Å². The average Bonchev–Trinajstić information content (AvgIpc) is 2.28. The molecule has 0 heterocycles. The van der Waals surface area contributed by atoms with Gasteiger partial charge in [-0.15, -0.1) is 0 Å². The summed E-state index contributed by atoms with van der Waals surface area (Å²) in [4.78, 5) is 12.2. The first-order chi connectivity index (χ1) is 8.51. The van der Waals surface area contributed by atoms with Crippen molar-refractivity contribution in [2.75, 3.05) is 5.43 Å². The number of halogens is 1. The van der Waals surface area contributed by atoms with Crippen LogP contribution < -0.4 is 16.6 Å². The molecule has 1 aromatic rings. The molecule has 0 aromatic heterocycles. The minimum absolute atomic E-state index is 0.0672. The lowest BCUT2D eigenvalue weighted by Gasteiger charge is -2.16. The Morgan fingerprint density at radius 2 is 2.11 bits per heavy atom. The molecule has 1 aromatic carbocycles. The van der Waals surface area contributed by atoms with Crippen LogP contribution in [-0.4, -0.2) is 11.9 Å². The zero-order valence-electron chi connectivity index (χ0n) is 11.0. The molecule has 1 amide bonds. The van der Waals surface area contributed by atoms with Crippen LogP contribution in [-0.2, 0) is 6.42 Å². The number of nitrogens with two attached hydrogens (primary N) is 1. The fourth-order valence-electron chi connectivity index (χ4n) is 1.84. The maximum atomic E-state index is 12.2. The van der Waals surface area contributed by atoms with E-state index in [9.17, 15) is 4.79 Å². The lowest BCUT2D eigenvalue weighted by atomic mass is 10.00. The van der Waals surface area contributed by atoms with Gasteiger partial charge in [0.25, 0.3) is 5.91 Å². The van der Waals surface area contributed by atoms with Gasteiger partial charge in [-0.1, -0.05) is 24.9 Å². The van der Waals surface area contributed by atoms with Gasteiger partial charge in [-0.3, -0.25) is 10.6 Å². The van der Waals surface area contributed by atoms with Gasteiger partial charge in [0.2, 0.25) is 0 Å². The number of carbonyl (C=O) groups excluding carboxylic acids is 1. The Labute approximate surface area is 113 Å². The van der Waals surface area contributed by atoms with Crippen molar-refractivity contribution in [2.45, 2.75) is 39.7 Å². The fraction of sp³-hybridized carbons (Fsp3) is 0.462. The number of hydrazine groups is 1. The third-order valence-electron chi connectivity index (χ3n) is 2.56. The van der Waals surface area contributed by atoms with Crippen molar-refractivity contribution in [1.29, 1.82) is 0 Å². The number of anilines is 1. The summed E-state index contributed by atoms with van der Waals surface area (Å²) in [6.45, 7) is 5.87. The largest absolute Gasteiger partial charge is 0.350 e. The van der Waals surface area contributed by atoms with Crippen molar-refractivity contribution in [3.63, 3.8) is 0 Å². The van der Waals surface area contributed by atoms with E-state index < -0.39 is 0 Å². The van der Waals surface area contributed by atoms with E-state index in [0.29, 0.717) is 10.6 Å². The smallest absolute Gasteiger partial charge is 0.253 e. The van der Waals surface area contributed by atoms with Gasteiger partial charge in [0.1, 0.15) is 0 Å². The average molecular weight is 270 g/mol. The molecule has 1 rings (SSSR count). The molecule has 0 aliphatic carbocycles. The minimum Gasteiger partial charge on any atom is -0.350 e. The minimum atomic E-state index is -0.157. The predicted octanol–water partition coefficient (Wildman–Crippen LogP) is 2.72. The van der Waals surface area contributed by atoms with Crippen LogP contribution in [0.15, 0.2) is 12.1 Å². The molecule has 0 atom stereocenters. The first-order valence-corrected chi connectivity index (χ1v) is 6.47. The number of nitrogens with one attached hydrogen (secondary N) is 2. The second-order valence-corrected chi connectivity index (χ2v) is 4.88. The molecule has 4 nitrogen and oxygen atoms in total. The number of benzene rings is 1. The zero-order chi connectivity index (χ0) is 13.7. The third kappa shape index (κ3) is 3.37. The van der Waals surface area contributed by atoms with Gasteiger partial charge in [0, 0.05) is 6.04 Å². The zero-order valence-corrected chi connectivity index (χ0v) is 11.8. The van der Waals surface area contributed by atoms with Gasteiger partial charge >= 0.3 is 0 Å². The molecule has 0 saturated carbocycles. The Hall–Kier alpha value is -1.26. The van der Waals surface area contributed by atoms with Gasteiger partial charge in [-0.2, -0.15) is 0 Å². The maximum Gasteiger partial charge on any atom is 0.253 e. The normalized spacial score (nSPS) is 10.6. The van der Waals surface area contributed by atoms with Crippen molar-refractivity contribution in [1.82, 2.24) is 5.32 Å². The van der Waals surface area contributed by atoms with E-state index in [1.807, 2.05) is 20.8 Å². The Morgan fingerprint density at radius 3 is 2.61 bits per heavy atom. The second kappa shape index (κ2) is 6.61. The van der Waals surface area contributed by atoms with E-state index in [1.54, 1.807) is 12.1 Å². The lowest BCUT2D eigenvalue weighted by molar-refractivity contribution is 0.0942. The number of rotatable bonds is 5. The van der Waals surface area contributed by atoms with Gasteiger partial charge in [-0.05, 0) is 38.0 Å². The van der Waals surface area contributed by atoms with E-state index in [4.69, 9.17) is 17.4 Å². The number of hydrogen-bond donors (Lipinski definition) is 3. The molecular formula is C13H20ClN3O. The number of amides is 1. The van der Waals surface area contributed by atoms with Crippen LogP contribution in [0.1, 0.15) is 43.1 Å². The third-order valence-corrected chi connectivity index (χ3v) is 2.88. The Bertz CT molecular complexity index is 432. The van der Waals surface area contributed by atoms with Crippen molar-refractivity contribution >= 4 is 23.2 Å². The molecule has 0 radical (unpaired) electrons. The van der Waals surface area contributed by atoms with Crippen LogP contribution in [0.2, 0.25) is 5.02 Å². The maximum absolute atomic E-state index is 12.2. The predicted molar refractivity (Wildman–Crippen MR) is 75.9 cm³/mol. The first-order valence-electron chi connectivity index (χ1n) is 6.10. The van der Waals surface area contributed by atoms with E-state index in [-0.39, 0.29) is 11.9 Å². The summed E-state index contributed by atoms with van der Waals surface area (Å²) in [5.74, 6) is 5.32. The van der Waals surface area contributed by atoms with Crippen molar-refractivity contribution in [2.24, 2.45) is 5.84 Å². The van der Waals surface area contributed by atoms with Crippen molar-refractivity contribution < 1.29 is 4.79 Å². The van der Waals surface area contributed by atoms with Gasteiger partial charge in [-0.25, -0.2) is 0 Å². The quantitative estimate of drug-likeness (QED) is 0.569. The number of hydrogen-bond acceptors (Lipinski definition) is 3. The van der Waals surface area contributed by atoms with E-state index in [0.717, 1.165) is 24.1 Å². The standard InChI is InChI=1S/C13H20ClN3O/c1-4-5-9-11(17-15)7-6-10(14)12(9)13(18)16-8(2)3/h6-8,17H,4-5,15H2,1-3H3,(H,16,18). The highest BCUT2D eigenvalue weighted by molar-refractivity contribution is 6.34. The molecule has 0 spiro atoms. The van der Waals surface area contributed by atoms with Crippen LogP contribution in [0.4, 0.5) is 5.69 Å². The monoisotopic (exact) mass is 269 g/mol. The molecule has 0 aliphatic heterocycles. The molecule has 0 unspecified atom stereocenters. The van der Waals surface area contributed by atoms with Crippen LogP contribution in [0.25, 0.3) is 0 Å². The van der Waals surface area contributed by atoms with E-state index in [2.05, 4.69) is 10.7 Å². The van der Waals surface area contributed by atoms with Crippen LogP contribution >= 0.6 is 11.6 Å². The molecule has 0 saturated heterocycles. The molecule has 0 aliphatic rings. The topological polar surface area (TPSA) is 67.1 Å². The van der Waals surface area contributed by atoms with Crippen molar-refractivity contribution in [3.8, 4) is 0 Å². The number of nitrogen functional groups attached to an aromatic ring is 1.